The van der Waals surface area contributed by atoms with Gasteiger partial charge in [-0.1, -0.05) is 57.2 Å². The Hall–Kier alpha value is -3.64. The van der Waals surface area contributed by atoms with Crippen LogP contribution in [-0.4, -0.2) is 84.8 Å². The second kappa shape index (κ2) is 18.7. The van der Waals surface area contributed by atoms with E-state index in [1.54, 1.807) is 11.9 Å². The van der Waals surface area contributed by atoms with Gasteiger partial charge in [0.15, 0.2) is 5.82 Å². The van der Waals surface area contributed by atoms with Crippen LogP contribution in [-0.2, 0) is 25.6 Å². The van der Waals surface area contributed by atoms with Crippen molar-refractivity contribution in [1.82, 2.24) is 14.7 Å². The van der Waals surface area contributed by atoms with Crippen molar-refractivity contribution in [2.45, 2.75) is 59.0 Å². The second-order valence-electron chi connectivity index (χ2n) is 8.71. The molecule has 1 aromatic rings. The molecule has 1 atom stereocenters. The molecule has 0 aliphatic heterocycles. The predicted octanol–water partition coefficient (Wildman–Crippen LogP) is 4.82. The van der Waals surface area contributed by atoms with Gasteiger partial charge in [-0.25, -0.2) is 4.99 Å². The molecule has 0 aromatic heterocycles. The fourth-order valence-corrected chi connectivity index (χ4v) is 3.84. The third kappa shape index (κ3) is 12.2. The zero-order chi connectivity index (χ0) is 30.8. The second-order valence-corrected chi connectivity index (χ2v) is 8.71. The maximum atomic E-state index is 13.8. The minimum Gasteiger partial charge on any atom is -0.406 e. The van der Waals surface area contributed by atoms with Gasteiger partial charge in [-0.3, -0.25) is 14.5 Å². The summed E-state index contributed by atoms with van der Waals surface area (Å²) in [6.45, 7) is 9.76. The normalized spacial score (nSPS) is 15.0. The van der Waals surface area contributed by atoms with E-state index in [1.165, 1.54) is 28.0 Å². The Labute approximate surface area is 240 Å². The van der Waals surface area contributed by atoms with Gasteiger partial charge in [-0.2, -0.15) is 0 Å². The molecular weight excluding hydrogens is 541 g/mol. The molecule has 0 radical (unpaired) electrons. The fourth-order valence-electron chi connectivity index (χ4n) is 3.84. The summed E-state index contributed by atoms with van der Waals surface area (Å²) in [4.78, 5) is 34.0. The standard InChI is InChI=1S/C27H35F3N4O5.C2H6/c1-4-14-33(19-36)25(31-2)24(26(37)32(3)15-9-16-35)34(18-21-10-6-5-7-11-21)20-38-22-12-8-13-23(17-22)39-27(28,29)30;1-2/h5-8,10-11,13,17,19,22,35H,2,4,9,12,14-16,18,20H2,1,3H3;1-2H3/b25-24+;. The molecule has 1 aliphatic rings. The minimum atomic E-state index is -4.85. The number of aliphatic hydroxyl groups excluding tert-OH is 1. The molecule has 0 spiro atoms. The van der Waals surface area contributed by atoms with Crippen molar-refractivity contribution < 1.29 is 37.3 Å². The number of carbonyl (C=O) groups is 2. The number of carbonyl (C=O) groups excluding carboxylic acids is 2. The predicted molar refractivity (Wildman–Crippen MR) is 151 cm³/mol. The first kappa shape index (κ1) is 35.4. The Bertz CT molecular complexity index is 1040. The molecule has 0 fully saturated rings. The molecule has 1 N–H and O–H groups in total. The van der Waals surface area contributed by atoms with E-state index in [9.17, 15) is 27.9 Å². The topological polar surface area (TPSA) is 94.9 Å². The Morgan fingerprint density at radius 1 is 1.22 bits per heavy atom. The van der Waals surface area contributed by atoms with Crippen molar-refractivity contribution in [3.8, 4) is 0 Å². The van der Waals surface area contributed by atoms with E-state index in [4.69, 9.17) is 4.74 Å². The lowest BCUT2D eigenvalue weighted by atomic mass is 10.1. The number of amides is 2. The number of benzene rings is 1. The first-order valence-corrected chi connectivity index (χ1v) is 13.5. The lowest BCUT2D eigenvalue weighted by molar-refractivity contribution is -0.303. The highest BCUT2D eigenvalue weighted by Crippen LogP contribution is 2.26. The van der Waals surface area contributed by atoms with Gasteiger partial charge < -0.3 is 24.4 Å². The number of hydrogen-bond donors (Lipinski definition) is 1. The van der Waals surface area contributed by atoms with Gasteiger partial charge in [0.1, 0.15) is 18.2 Å². The first-order valence-electron chi connectivity index (χ1n) is 13.5. The van der Waals surface area contributed by atoms with E-state index in [0.717, 1.165) is 5.56 Å². The van der Waals surface area contributed by atoms with Gasteiger partial charge in [0, 0.05) is 33.3 Å². The molecule has 0 heterocycles. The van der Waals surface area contributed by atoms with Gasteiger partial charge in [-0.05, 0) is 43.7 Å². The van der Waals surface area contributed by atoms with Crippen LogP contribution < -0.4 is 0 Å². The van der Waals surface area contributed by atoms with E-state index in [2.05, 4.69) is 16.4 Å². The Kier molecular flexibility index (Phi) is 16.1. The SMILES string of the molecule is C=N/C(=C(/C(=O)N(C)CCCO)N(COC1C=C(OC(F)(F)F)C=CC1)Cc1ccccc1)N(C=O)CCC.CC. The molecule has 1 unspecified atom stereocenters. The summed E-state index contributed by atoms with van der Waals surface area (Å²) >= 11 is 0. The summed E-state index contributed by atoms with van der Waals surface area (Å²) in [7, 11) is 1.56. The highest BCUT2D eigenvalue weighted by Gasteiger charge is 2.33. The van der Waals surface area contributed by atoms with Gasteiger partial charge in [0.2, 0.25) is 6.41 Å². The maximum absolute atomic E-state index is 13.8. The van der Waals surface area contributed by atoms with Gasteiger partial charge in [0.05, 0.1) is 6.10 Å². The average Bonchev–Trinajstić information content (AvgIpc) is 2.96. The third-order valence-corrected chi connectivity index (χ3v) is 5.64. The number of aliphatic imine (C=N–C) groups is 1. The molecule has 12 heteroatoms. The van der Waals surface area contributed by atoms with Crippen LogP contribution >= 0.6 is 0 Å². The van der Waals surface area contributed by atoms with Crippen molar-refractivity contribution >= 4 is 19.0 Å². The molecule has 9 nitrogen and oxygen atoms in total. The Morgan fingerprint density at radius 2 is 1.90 bits per heavy atom. The summed E-state index contributed by atoms with van der Waals surface area (Å²) in [5.74, 6) is -0.867. The molecular formula is C29H41F3N4O5. The molecule has 41 heavy (non-hydrogen) atoms. The minimum absolute atomic E-state index is 0.0207. The first-order chi connectivity index (χ1) is 19.6. The van der Waals surface area contributed by atoms with E-state index < -0.39 is 24.1 Å². The number of aliphatic hydroxyl groups is 1. The van der Waals surface area contributed by atoms with Crippen LogP contribution in [0.25, 0.3) is 0 Å². The lowest BCUT2D eigenvalue weighted by Crippen LogP contribution is -2.41. The summed E-state index contributed by atoms with van der Waals surface area (Å²) in [6, 6.07) is 9.16. The molecule has 0 saturated heterocycles. The van der Waals surface area contributed by atoms with Crippen molar-refractivity contribution in [3.05, 3.63) is 71.4 Å². The summed E-state index contributed by atoms with van der Waals surface area (Å²) in [5, 5.41) is 9.26. The van der Waals surface area contributed by atoms with Gasteiger partial charge >= 0.3 is 6.36 Å². The lowest BCUT2D eigenvalue weighted by Gasteiger charge is -2.33. The molecule has 228 valence electrons. The highest BCUT2D eigenvalue weighted by molar-refractivity contribution is 5.93. The van der Waals surface area contributed by atoms with Gasteiger partial charge in [0.25, 0.3) is 5.91 Å². The number of alkyl halides is 3. The maximum Gasteiger partial charge on any atom is 0.573 e. The van der Waals surface area contributed by atoms with E-state index in [1.807, 2.05) is 51.1 Å². The number of likely N-dealkylation sites (N-methyl/N-ethyl adjacent to an activating group) is 1. The summed E-state index contributed by atoms with van der Waals surface area (Å²) in [6.07, 6.45) is 0.0744. The number of halogens is 3. The fraction of sp³-hybridized carbons (Fsp3) is 0.483. The van der Waals surface area contributed by atoms with Crippen molar-refractivity contribution in [2.75, 3.05) is 33.5 Å². The van der Waals surface area contributed by atoms with Crippen LogP contribution in [0.4, 0.5) is 13.2 Å². The number of nitrogens with zero attached hydrogens (tertiary/aromatic N) is 4. The summed E-state index contributed by atoms with van der Waals surface area (Å²) in [5.41, 5.74) is 0.832. The quantitative estimate of drug-likeness (QED) is 0.130. The number of hydrogen-bond acceptors (Lipinski definition) is 7. The number of ether oxygens (including phenoxy) is 2. The highest BCUT2D eigenvalue weighted by atomic mass is 19.4. The monoisotopic (exact) mass is 582 g/mol. The van der Waals surface area contributed by atoms with Crippen molar-refractivity contribution in [1.29, 1.82) is 0 Å². The zero-order valence-electron chi connectivity index (χ0n) is 24.1. The van der Waals surface area contributed by atoms with E-state index in [0.29, 0.717) is 19.3 Å². The Morgan fingerprint density at radius 3 is 2.46 bits per heavy atom. The summed E-state index contributed by atoms with van der Waals surface area (Å²) < 4.78 is 48.1. The van der Waals surface area contributed by atoms with Crippen LogP contribution in [0.2, 0.25) is 0 Å². The van der Waals surface area contributed by atoms with Crippen LogP contribution in [0, 0.1) is 0 Å². The Balaban J connectivity index is 0.00000411. The smallest absolute Gasteiger partial charge is 0.406 e. The van der Waals surface area contributed by atoms with Crippen LogP contribution in [0.3, 0.4) is 0 Å². The van der Waals surface area contributed by atoms with Gasteiger partial charge in [-0.15, -0.1) is 13.2 Å². The van der Waals surface area contributed by atoms with Crippen molar-refractivity contribution in [3.63, 3.8) is 0 Å². The molecule has 1 aliphatic carbocycles. The zero-order valence-corrected chi connectivity index (χ0v) is 24.1. The average molecular weight is 583 g/mol. The molecule has 1 aromatic carbocycles. The van der Waals surface area contributed by atoms with Crippen molar-refractivity contribution in [2.24, 2.45) is 4.99 Å². The number of rotatable bonds is 16. The largest absolute Gasteiger partial charge is 0.573 e. The van der Waals surface area contributed by atoms with Crippen LogP contribution in [0.15, 0.2) is 70.8 Å². The third-order valence-electron chi connectivity index (χ3n) is 5.64. The molecule has 2 amide bonds. The number of allylic oxidation sites excluding steroid dienone is 1. The van der Waals surface area contributed by atoms with Crippen LogP contribution in [0.5, 0.6) is 0 Å². The molecule has 2 rings (SSSR count). The molecule has 0 saturated carbocycles. The van der Waals surface area contributed by atoms with E-state index in [-0.39, 0.29) is 50.9 Å². The van der Waals surface area contributed by atoms with Crippen LogP contribution in [0.1, 0.15) is 45.6 Å². The molecule has 0 bridgehead atoms. The van der Waals surface area contributed by atoms with E-state index >= 15 is 0 Å².